The van der Waals surface area contributed by atoms with Gasteiger partial charge in [-0.15, -0.1) is 0 Å². The maximum absolute atomic E-state index is 13.1. The summed E-state index contributed by atoms with van der Waals surface area (Å²) in [5, 5.41) is 16.4. The average molecular weight is 558 g/mol. The van der Waals surface area contributed by atoms with Crippen LogP contribution in [-0.2, 0) is 21.2 Å². The number of aromatic nitrogens is 2. The van der Waals surface area contributed by atoms with Crippen molar-refractivity contribution in [2.24, 2.45) is 0 Å². The summed E-state index contributed by atoms with van der Waals surface area (Å²) >= 11 is 0. The van der Waals surface area contributed by atoms with E-state index >= 15 is 0 Å². The monoisotopic (exact) mass is 557 g/mol. The number of fused-ring (bicyclic) bond motifs is 1. The molecule has 1 atom stereocenters. The number of carbonyl (C=O) groups excluding carboxylic acids is 1. The van der Waals surface area contributed by atoms with Crippen LogP contribution >= 0.6 is 0 Å². The van der Waals surface area contributed by atoms with E-state index in [1.165, 1.54) is 19.1 Å². The lowest BCUT2D eigenvalue weighted by Gasteiger charge is -2.15. The van der Waals surface area contributed by atoms with Crippen molar-refractivity contribution < 1.29 is 22.5 Å². The minimum absolute atomic E-state index is 0.0722. The molecule has 204 valence electrons. The number of anilines is 1. The van der Waals surface area contributed by atoms with E-state index in [0.717, 1.165) is 16.7 Å². The van der Waals surface area contributed by atoms with Gasteiger partial charge in [-0.25, -0.2) is 13.1 Å². The molecule has 0 fully saturated rings. The Balaban J connectivity index is 1.38. The number of ether oxygens (including phenoxy) is 1. The van der Waals surface area contributed by atoms with Crippen LogP contribution in [0.1, 0.15) is 49.9 Å². The van der Waals surface area contributed by atoms with Gasteiger partial charge >= 0.3 is 0 Å². The molecule has 40 heavy (non-hydrogen) atoms. The number of sulfonamides is 1. The molecular formula is C29H27N5O5S. The van der Waals surface area contributed by atoms with Crippen molar-refractivity contribution in [3.8, 4) is 34.7 Å². The second-order valence-electron chi connectivity index (χ2n) is 9.70. The van der Waals surface area contributed by atoms with Gasteiger partial charge in [-0.1, -0.05) is 23.4 Å². The Morgan fingerprint density at radius 3 is 2.62 bits per heavy atom. The van der Waals surface area contributed by atoms with Crippen molar-refractivity contribution in [1.82, 2.24) is 14.9 Å². The second-order valence-corrected chi connectivity index (χ2v) is 11.4. The zero-order chi connectivity index (χ0) is 28.4. The van der Waals surface area contributed by atoms with Crippen molar-refractivity contribution in [3.63, 3.8) is 0 Å². The highest BCUT2D eigenvalue weighted by atomic mass is 32.2. The Kier molecular flexibility index (Phi) is 7.38. The van der Waals surface area contributed by atoms with Crippen molar-refractivity contribution in [2.45, 2.75) is 50.7 Å². The van der Waals surface area contributed by atoms with Crippen LogP contribution in [0, 0.1) is 11.3 Å². The Labute approximate surface area is 232 Å². The summed E-state index contributed by atoms with van der Waals surface area (Å²) in [7, 11) is -3.81. The fourth-order valence-corrected chi connectivity index (χ4v) is 5.97. The van der Waals surface area contributed by atoms with Crippen LogP contribution in [0.2, 0.25) is 0 Å². The molecule has 1 aromatic heterocycles. The molecule has 1 aliphatic carbocycles. The Morgan fingerprint density at radius 1 is 1.15 bits per heavy atom. The van der Waals surface area contributed by atoms with E-state index < -0.39 is 16.1 Å². The van der Waals surface area contributed by atoms with Crippen LogP contribution in [0.3, 0.4) is 0 Å². The third-order valence-corrected chi connectivity index (χ3v) is 7.92. The zero-order valence-electron chi connectivity index (χ0n) is 22.1. The molecule has 0 bridgehead atoms. The summed E-state index contributed by atoms with van der Waals surface area (Å²) in [6.45, 7) is 5.16. The van der Waals surface area contributed by atoms with Gasteiger partial charge in [0.25, 0.3) is 5.89 Å². The molecule has 0 spiro atoms. The number of hydrogen-bond donors (Lipinski definition) is 2. The molecule has 0 radical (unpaired) electrons. The fourth-order valence-electron chi connectivity index (χ4n) is 4.72. The molecule has 0 aliphatic heterocycles. The standard InChI is InChI=1S/C29H27N5O5S/c1-17(2)38-27-14-7-19(15-20(27)16-30)29-32-28(33-39-29)25-6-4-5-24-23(25)12-13-26(24)34-40(36,37)22-10-8-21(9-11-22)31-18(3)35/h4-11,14-15,17,26,34H,12-13H2,1-3H3,(H,31,35)/t26-/m1/s1. The maximum Gasteiger partial charge on any atom is 0.258 e. The molecule has 3 aromatic carbocycles. The number of carbonyl (C=O) groups is 1. The summed E-state index contributed by atoms with van der Waals surface area (Å²) < 4.78 is 40.3. The second kappa shape index (κ2) is 10.9. The van der Waals surface area contributed by atoms with Gasteiger partial charge in [0.15, 0.2) is 0 Å². The molecule has 4 aromatic rings. The predicted octanol–water partition coefficient (Wildman–Crippen LogP) is 4.99. The van der Waals surface area contributed by atoms with Gasteiger partial charge in [-0.2, -0.15) is 10.2 Å². The van der Waals surface area contributed by atoms with Gasteiger partial charge in [-0.05, 0) is 80.3 Å². The Bertz CT molecular complexity index is 1720. The van der Waals surface area contributed by atoms with Crippen molar-refractivity contribution in [2.75, 3.05) is 5.32 Å². The minimum Gasteiger partial charge on any atom is -0.490 e. The number of hydrogen-bond acceptors (Lipinski definition) is 8. The number of nitrogens with zero attached hydrogens (tertiary/aromatic N) is 3. The lowest BCUT2D eigenvalue weighted by molar-refractivity contribution is -0.114. The molecule has 10 nitrogen and oxygen atoms in total. The van der Waals surface area contributed by atoms with Crippen molar-refractivity contribution in [1.29, 1.82) is 5.26 Å². The molecule has 1 aliphatic rings. The highest BCUT2D eigenvalue weighted by Gasteiger charge is 2.30. The first-order valence-corrected chi connectivity index (χ1v) is 14.2. The van der Waals surface area contributed by atoms with Gasteiger partial charge in [0.1, 0.15) is 11.8 Å². The third kappa shape index (κ3) is 5.59. The smallest absolute Gasteiger partial charge is 0.258 e. The quantitative estimate of drug-likeness (QED) is 0.308. The van der Waals surface area contributed by atoms with Gasteiger partial charge in [0.05, 0.1) is 16.6 Å². The first kappa shape index (κ1) is 27.1. The van der Waals surface area contributed by atoms with Gasteiger partial charge in [0.2, 0.25) is 21.8 Å². The molecule has 0 saturated heterocycles. The molecule has 0 unspecified atom stereocenters. The summed E-state index contributed by atoms with van der Waals surface area (Å²) in [5.41, 5.74) is 4.03. The largest absolute Gasteiger partial charge is 0.490 e. The molecule has 0 saturated carbocycles. The average Bonchev–Trinajstić information content (AvgIpc) is 3.56. The summed E-state index contributed by atoms with van der Waals surface area (Å²) in [5.74, 6) is 0.893. The van der Waals surface area contributed by atoms with Crippen molar-refractivity contribution in [3.05, 3.63) is 77.4 Å². The van der Waals surface area contributed by atoms with Crippen LogP contribution < -0.4 is 14.8 Å². The number of rotatable bonds is 8. The van der Waals surface area contributed by atoms with Crippen molar-refractivity contribution >= 4 is 21.6 Å². The van der Waals surface area contributed by atoms with E-state index in [1.54, 1.807) is 30.3 Å². The lowest BCUT2D eigenvalue weighted by atomic mass is 10.0. The van der Waals surface area contributed by atoms with Crippen LogP contribution in [0.25, 0.3) is 22.8 Å². The van der Waals surface area contributed by atoms with Gasteiger partial charge < -0.3 is 14.6 Å². The predicted molar refractivity (Wildman–Crippen MR) is 148 cm³/mol. The van der Waals surface area contributed by atoms with Gasteiger partial charge in [0, 0.05) is 29.8 Å². The SMILES string of the molecule is CC(=O)Nc1ccc(S(=O)(=O)N[C@@H]2CCc3c(-c4noc(-c5ccc(OC(C)C)c(C#N)c5)n4)cccc32)cc1. The highest BCUT2D eigenvalue weighted by Crippen LogP contribution is 2.38. The molecular weight excluding hydrogens is 530 g/mol. The molecule has 2 N–H and O–H groups in total. The highest BCUT2D eigenvalue weighted by molar-refractivity contribution is 7.89. The Hall–Kier alpha value is -4.53. The summed E-state index contributed by atoms with van der Waals surface area (Å²) in [6.07, 6.45) is 1.13. The molecule has 1 amide bonds. The van der Waals surface area contributed by atoms with E-state index in [9.17, 15) is 18.5 Å². The maximum atomic E-state index is 13.1. The van der Waals surface area contributed by atoms with E-state index in [-0.39, 0.29) is 22.8 Å². The minimum atomic E-state index is -3.81. The fraction of sp³-hybridized carbons (Fsp3) is 0.241. The normalized spacial score (nSPS) is 14.5. The summed E-state index contributed by atoms with van der Waals surface area (Å²) in [4.78, 5) is 15.9. The van der Waals surface area contributed by atoms with E-state index in [4.69, 9.17) is 9.26 Å². The lowest BCUT2D eigenvalue weighted by Crippen LogP contribution is -2.27. The first-order valence-electron chi connectivity index (χ1n) is 12.7. The number of amides is 1. The molecule has 1 heterocycles. The number of nitriles is 1. The first-order chi connectivity index (χ1) is 19.1. The Morgan fingerprint density at radius 2 is 1.93 bits per heavy atom. The van der Waals surface area contributed by atoms with Crippen LogP contribution in [0.5, 0.6) is 5.75 Å². The van der Waals surface area contributed by atoms with Crippen LogP contribution in [0.15, 0.2) is 70.1 Å². The molecule has 11 heteroatoms. The van der Waals surface area contributed by atoms with Gasteiger partial charge in [-0.3, -0.25) is 4.79 Å². The summed E-state index contributed by atoms with van der Waals surface area (Å²) in [6, 6.07) is 18.5. The van der Waals surface area contributed by atoms with E-state index in [0.29, 0.717) is 41.2 Å². The molecule has 5 rings (SSSR count). The number of benzene rings is 3. The number of nitrogens with one attached hydrogen (secondary N) is 2. The van der Waals surface area contributed by atoms with Crippen LogP contribution in [-0.4, -0.2) is 30.6 Å². The van der Waals surface area contributed by atoms with E-state index in [1.807, 2.05) is 32.0 Å². The van der Waals surface area contributed by atoms with E-state index in [2.05, 4.69) is 26.2 Å². The van der Waals surface area contributed by atoms with Crippen LogP contribution in [0.4, 0.5) is 5.69 Å². The third-order valence-electron chi connectivity index (χ3n) is 6.43. The topological polar surface area (TPSA) is 147 Å². The zero-order valence-corrected chi connectivity index (χ0v) is 23.0.